The lowest BCUT2D eigenvalue weighted by molar-refractivity contribution is 0.0477. The van der Waals surface area contributed by atoms with E-state index in [-0.39, 0.29) is 28.7 Å². The molecule has 1 aromatic heterocycles. The number of hydrogen-bond acceptors (Lipinski definition) is 7. The second kappa shape index (κ2) is 10.6. The average Bonchev–Trinajstić information content (AvgIpc) is 3.14. The van der Waals surface area contributed by atoms with E-state index in [1.165, 1.54) is 7.11 Å². The molecule has 0 aliphatic heterocycles. The minimum absolute atomic E-state index is 0.0965. The molecule has 1 N–H and O–H groups in total. The summed E-state index contributed by atoms with van der Waals surface area (Å²) >= 11 is 0.982. The molecule has 0 unspecified atom stereocenters. The van der Waals surface area contributed by atoms with E-state index in [1.807, 2.05) is 30.3 Å². The standard InChI is InChI=1S/C24H23NO6S/c1-4-30-23(27)19-15(2)20(24(28)31-14-16-8-6-5-7-9-16)32-22(19)25-21(26)17-10-12-18(29-3)13-11-17/h5-13H,4,14H2,1-3H3,(H,25,26). The third kappa shape index (κ3) is 5.33. The minimum Gasteiger partial charge on any atom is -0.497 e. The van der Waals surface area contributed by atoms with Gasteiger partial charge in [-0.2, -0.15) is 0 Å². The number of anilines is 1. The highest BCUT2D eigenvalue weighted by Gasteiger charge is 2.27. The van der Waals surface area contributed by atoms with Crippen LogP contribution in [0.4, 0.5) is 5.00 Å². The number of carbonyl (C=O) groups is 3. The maximum absolute atomic E-state index is 12.7. The van der Waals surface area contributed by atoms with Crippen molar-refractivity contribution in [1.82, 2.24) is 0 Å². The van der Waals surface area contributed by atoms with Gasteiger partial charge in [0, 0.05) is 5.56 Å². The van der Waals surface area contributed by atoms with Crippen molar-refractivity contribution >= 4 is 34.2 Å². The van der Waals surface area contributed by atoms with Crippen LogP contribution in [0, 0.1) is 6.92 Å². The van der Waals surface area contributed by atoms with Crippen LogP contribution in [-0.4, -0.2) is 31.6 Å². The number of esters is 2. The number of hydrogen-bond donors (Lipinski definition) is 1. The highest BCUT2D eigenvalue weighted by atomic mass is 32.1. The number of methoxy groups -OCH3 is 1. The van der Waals surface area contributed by atoms with Crippen LogP contribution in [0.5, 0.6) is 5.75 Å². The van der Waals surface area contributed by atoms with Gasteiger partial charge in [-0.3, -0.25) is 4.79 Å². The smallest absolute Gasteiger partial charge is 0.349 e. The van der Waals surface area contributed by atoms with E-state index in [0.29, 0.717) is 16.9 Å². The predicted molar refractivity (Wildman–Crippen MR) is 122 cm³/mol. The normalized spacial score (nSPS) is 10.3. The third-order valence-electron chi connectivity index (χ3n) is 4.60. The Balaban J connectivity index is 1.85. The first-order valence-electron chi connectivity index (χ1n) is 9.91. The number of rotatable bonds is 8. The lowest BCUT2D eigenvalue weighted by atomic mass is 10.1. The largest absolute Gasteiger partial charge is 0.497 e. The molecule has 3 rings (SSSR count). The fourth-order valence-corrected chi connectivity index (χ4v) is 4.04. The summed E-state index contributed by atoms with van der Waals surface area (Å²) in [6.07, 6.45) is 0. The highest BCUT2D eigenvalue weighted by molar-refractivity contribution is 7.18. The van der Waals surface area contributed by atoms with Gasteiger partial charge in [0.1, 0.15) is 22.2 Å². The van der Waals surface area contributed by atoms with Crippen LogP contribution >= 0.6 is 11.3 Å². The number of thiophene rings is 1. The summed E-state index contributed by atoms with van der Waals surface area (Å²) in [5.41, 5.74) is 1.76. The molecule has 0 atom stereocenters. The zero-order chi connectivity index (χ0) is 23.1. The van der Waals surface area contributed by atoms with Gasteiger partial charge in [-0.25, -0.2) is 9.59 Å². The van der Waals surface area contributed by atoms with Gasteiger partial charge in [0.25, 0.3) is 5.91 Å². The Hall–Kier alpha value is -3.65. The van der Waals surface area contributed by atoms with Gasteiger partial charge in [0.15, 0.2) is 0 Å². The average molecular weight is 454 g/mol. The Kier molecular flexibility index (Phi) is 7.62. The van der Waals surface area contributed by atoms with E-state index < -0.39 is 17.8 Å². The van der Waals surface area contributed by atoms with E-state index in [0.717, 1.165) is 16.9 Å². The van der Waals surface area contributed by atoms with E-state index in [2.05, 4.69) is 5.32 Å². The van der Waals surface area contributed by atoms with Gasteiger partial charge in [-0.1, -0.05) is 30.3 Å². The molecule has 2 aromatic carbocycles. The Labute approximate surface area is 189 Å². The summed E-state index contributed by atoms with van der Waals surface area (Å²) in [5, 5.41) is 2.95. The summed E-state index contributed by atoms with van der Waals surface area (Å²) in [6, 6.07) is 15.8. The summed E-state index contributed by atoms with van der Waals surface area (Å²) < 4.78 is 15.7. The van der Waals surface area contributed by atoms with Crippen molar-refractivity contribution in [1.29, 1.82) is 0 Å². The van der Waals surface area contributed by atoms with Crippen LogP contribution in [0.25, 0.3) is 0 Å². The van der Waals surface area contributed by atoms with Crippen molar-refractivity contribution in [2.75, 3.05) is 19.0 Å². The molecule has 0 aliphatic carbocycles. The molecule has 1 heterocycles. The van der Waals surface area contributed by atoms with Crippen molar-refractivity contribution in [3.8, 4) is 5.75 Å². The van der Waals surface area contributed by atoms with Crippen LogP contribution in [0.3, 0.4) is 0 Å². The second-order valence-corrected chi connectivity index (χ2v) is 7.75. The Morgan fingerprint density at radius 3 is 2.25 bits per heavy atom. The molecular weight excluding hydrogens is 430 g/mol. The lowest BCUT2D eigenvalue weighted by Gasteiger charge is -2.07. The monoisotopic (exact) mass is 453 g/mol. The number of nitrogens with one attached hydrogen (secondary N) is 1. The molecule has 0 saturated carbocycles. The molecule has 0 spiro atoms. The molecule has 0 aliphatic rings. The summed E-state index contributed by atoms with van der Waals surface area (Å²) in [5.74, 6) is -1.01. The van der Waals surface area contributed by atoms with Crippen molar-refractivity contribution in [2.45, 2.75) is 20.5 Å². The van der Waals surface area contributed by atoms with Gasteiger partial charge in [-0.05, 0) is 49.2 Å². The van der Waals surface area contributed by atoms with E-state index in [9.17, 15) is 14.4 Å². The zero-order valence-corrected chi connectivity index (χ0v) is 18.8. The molecule has 7 nitrogen and oxygen atoms in total. The first-order chi connectivity index (χ1) is 15.4. The number of amides is 1. The minimum atomic E-state index is -0.617. The van der Waals surface area contributed by atoms with Crippen molar-refractivity contribution in [2.24, 2.45) is 0 Å². The molecular formula is C24H23NO6S. The van der Waals surface area contributed by atoms with Gasteiger partial charge in [-0.15, -0.1) is 11.3 Å². The van der Waals surface area contributed by atoms with Gasteiger partial charge < -0.3 is 19.5 Å². The number of carbonyl (C=O) groups excluding carboxylic acids is 3. The van der Waals surface area contributed by atoms with Gasteiger partial charge >= 0.3 is 11.9 Å². The van der Waals surface area contributed by atoms with Crippen LogP contribution in [0.2, 0.25) is 0 Å². The van der Waals surface area contributed by atoms with Crippen LogP contribution in [0.15, 0.2) is 54.6 Å². The fourth-order valence-electron chi connectivity index (χ4n) is 2.95. The van der Waals surface area contributed by atoms with Gasteiger partial charge in [0.2, 0.25) is 0 Å². The van der Waals surface area contributed by atoms with Crippen molar-refractivity contribution < 1.29 is 28.6 Å². The van der Waals surface area contributed by atoms with Crippen LogP contribution in [0.1, 0.15) is 48.4 Å². The number of ether oxygens (including phenoxy) is 3. The molecule has 0 radical (unpaired) electrons. The molecule has 0 saturated heterocycles. The Morgan fingerprint density at radius 2 is 1.62 bits per heavy atom. The number of benzene rings is 2. The van der Waals surface area contributed by atoms with E-state index in [4.69, 9.17) is 14.2 Å². The Bertz CT molecular complexity index is 1110. The molecule has 3 aromatic rings. The topological polar surface area (TPSA) is 90.9 Å². The maximum Gasteiger partial charge on any atom is 0.349 e. The highest BCUT2D eigenvalue weighted by Crippen LogP contribution is 2.35. The molecule has 8 heteroatoms. The lowest BCUT2D eigenvalue weighted by Crippen LogP contribution is -2.15. The van der Waals surface area contributed by atoms with E-state index in [1.54, 1.807) is 38.1 Å². The molecule has 0 bridgehead atoms. The Morgan fingerprint density at radius 1 is 0.938 bits per heavy atom. The fraction of sp³-hybridized carbons (Fsp3) is 0.208. The van der Waals surface area contributed by atoms with Crippen LogP contribution in [-0.2, 0) is 16.1 Å². The van der Waals surface area contributed by atoms with E-state index >= 15 is 0 Å². The second-order valence-electron chi connectivity index (χ2n) is 6.73. The zero-order valence-electron chi connectivity index (χ0n) is 18.0. The molecule has 1 amide bonds. The predicted octanol–water partition coefficient (Wildman–Crippen LogP) is 4.85. The SMILES string of the molecule is CCOC(=O)c1c(NC(=O)c2ccc(OC)cc2)sc(C(=O)OCc2ccccc2)c1C. The van der Waals surface area contributed by atoms with Crippen molar-refractivity contribution in [3.05, 3.63) is 81.7 Å². The first-order valence-corrected chi connectivity index (χ1v) is 10.7. The third-order valence-corrected chi connectivity index (χ3v) is 5.79. The molecule has 32 heavy (non-hydrogen) atoms. The maximum atomic E-state index is 12.7. The summed E-state index contributed by atoms with van der Waals surface area (Å²) in [7, 11) is 1.54. The van der Waals surface area contributed by atoms with Crippen molar-refractivity contribution in [3.63, 3.8) is 0 Å². The van der Waals surface area contributed by atoms with Gasteiger partial charge in [0.05, 0.1) is 19.3 Å². The van der Waals surface area contributed by atoms with Crippen LogP contribution < -0.4 is 10.1 Å². The quantitative estimate of drug-likeness (QED) is 0.490. The summed E-state index contributed by atoms with van der Waals surface area (Å²) in [4.78, 5) is 38.3. The summed E-state index contributed by atoms with van der Waals surface area (Å²) in [6.45, 7) is 3.57. The molecule has 166 valence electrons. The first kappa shape index (κ1) is 23.0. The molecule has 0 fully saturated rings.